The lowest BCUT2D eigenvalue weighted by Crippen LogP contribution is -2.31. The molecule has 31 heavy (non-hydrogen) atoms. The minimum Gasteiger partial charge on any atom is -0.490 e. The van der Waals surface area contributed by atoms with Gasteiger partial charge in [0.2, 0.25) is 0 Å². The van der Waals surface area contributed by atoms with E-state index < -0.39 is 0 Å². The van der Waals surface area contributed by atoms with Crippen LogP contribution in [0.3, 0.4) is 0 Å². The van der Waals surface area contributed by atoms with Crippen LogP contribution in [-0.2, 0) is 11.3 Å². The number of hydrogen-bond donors (Lipinski definition) is 2. The van der Waals surface area contributed by atoms with E-state index in [1.807, 2.05) is 44.2 Å². The molecular formula is C24H34ClN3O3. The standard InChI is InChI=1S/C24H34ClN3O3/c1-5-28(6-2)13-12-26-16-19-14-22(30-7-3)23(15-21(19)25)31-17-24(29)27-20-10-8-18(4)9-11-20/h8-11,14-15,26H,5-7,12-13,16-17H2,1-4H3,(H,27,29). The third kappa shape index (κ3) is 8.40. The summed E-state index contributed by atoms with van der Waals surface area (Å²) >= 11 is 6.47. The van der Waals surface area contributed by atoms with Gasteiger partial charge < -0.3 is 25.0 Å². The van der Waals surface area contributed by atoms with E-state index in [2.05, 4.69) is 29.4 Å². The van der Waals surface area contributed by atoms with Gasteiger partial charge in [-0.15, -0.1) is 0 Å². The second-order valence-electron chi connectivity index (χ2n) is 7.23. The molecule has 0 heterocycles. The van der Waals surface area contributed by atoms with E-state index >= 15 is 0 Å². The fraction of sp³-hybridized carbons (Fsp3) is 0.458. The van der Waals surface area contributed by atoms with Crippen LogP contribution in [0.2, 0.25) is 5.02 Å². The number of carbonyl (C=O) groups excluding carboxylic acids is 1. The molecule has 170 valence electrons. The molecule has 2 aromatic carbocycles. The van der Waals surface area contributed by atoms with Crippen molar-refractivity contribution in [3.05, 3.63) is 52.5 Å². The number of nitrogens with one attached hydrogen (secondary N) is 2. The molecule has 0 atom stereocenters. The van der Waals surface area contributed by atoms with Crippen LogP contribution in [0.15, 0.2) is 36.4 Å². The molecule has 0 spiro atoms. The molecule has 2 aromatic rings. The first-order chi connectivity index (χ1) is 15.0. The van der Waals surface area contributed by atoms with Crippen molar-refractivity contribution in [2.24, 2.45) is 0 Å². The van der Waals surface area contributed by atoms with Crippen LogP contribution in [0.5, 0.6) is 11.5 Å². The van der Waals surface area contributed by atoms with E-state index in [-0.39, 0.29) is 12.5 Å². The fourth-order valence-corrected chi connectivity index (χ4v) is 3.29. The molecular weight excluding hydrogens is 414 g/mol. The summed E-state index contributed by atoms with van der Waals surface area (Å²) in [4.78, 5) is 14.6. The van der Waals surface area contributed by atoms with Crippen molar-refractivity contribution in [3.63, 3.8) is 0 Å². The predicted molar refractivity (Wildman–Crippen MR) is 127 cm³/mol. The summed E-state index contributed by atoms with van der Waals surface area (Å²) in [6, 6.07) is 11.2. The largest absolute Gasteiger partial charge is 0.490 e. The highest BCUT2D eigenvalue weighted by atomic mass is 35.5. The van der Waals surface area contributed by atoms with Crippen LogP contribution in [0.25, 0.3) is 0 Å². The second kappa shape index (κ2) is 13.2. The van der Waals surface area contributed by atoms with Crippen molar-refractivity contribution in [1.82, 2.24) is 10.2 Å². The van der Waals surface area contributed by atoms with Crippen molar-refractivity contribution in [3.8, 4) is 11.5 Å². The van der Waals surface area contributed by atoms with Gasteiger partial charge in [0.15, 0.2) is 18.1 Å². The fourth-order valence-electron chi connectivity index (χ4n) is 3.07. The lowest BCUT2D eigenvalue weighted by molar-refractivity contribution is -0.118. The van der Waals surface area contributed by atoms with E-state index in [1.54, 1.807) is 6.07 Å². The molecule has 2 rings (SSSR count). The first-order valence-electron chi connectivity index (χ1n) is 10.8. The Kier molecular flexibility index (Phi) is 10.6. The number of carbonyl (C=O) groups is 1. The monoisotopic (exact) mass is 447 g/mol. The average molecular weight is 448 g/mol. The molecule has 7 heteroatoms. The summed E-state index contributed by atoms with van der Waals surface area (Å²) in [6.45, 7) is 13.2. The highest BCUT2D eigenvalue weighted by Crippen LogP contribution is 2.33. The lowest BCUT2D eigenvalue weighted by atomic mass is 10.2. The average Bonchev–Trinajstić information content (AvgIpc) is 2.76. The smallest absolute Gasteiger partial charge is 0.262 e. The van der Waals surface area contributed by atoms with Gasteiger partial charge in [0.1, 0.15) is 0 Å². The molecule has 0 aromatic heterocycles. The number of amides is 1. The Bertz CT molecular complexity index is 824. The van der Waals surface area contributed by atoms with E-state index in [1.165, 1.54) is 0 Å². The Morgan fingerprint density at radius 2 is 1.71 bits per heavy atom. The molecule has 2 N–H and O–H groups in total. The van der Waals surface area contributed by atoms with Crippen molar-refractivity contribution >= 4 is 23.2 Å². The third-order valence-electron chi connectivity index (χ3n) is 4.92. The van der Waals surface area contributed by atoms with Gasteiger partial charge in [0, 0.05) is 36.4 Å². The molecule has 0 fully saturated rings. The third-order valence-corrected chi connectivity index (χ3v) is 5.27. The maximum absolute atomic E-state index is 12.2. The zero-order valence-electron chi connectivity index (χ0n) is 19.0. The van der Waals surface area contributed by atoms with Crippen molar-refractivity contribution < 1.29 is 14.3 Å². The second-order valence-corrected chi connectivity index (χ2v) is 7.64. The molecule has 0 aliphatic carbocycles. The Balaban J connectivity index is 1.95. The maximum Gasteiger partial charge on any atom is 0.262 e. The number of aryl methyl sites for hydroxylation is 1. The van der Waals surface area contributed by atoms with Crippen LogP contribution in [-0.4, -0.2) is 50.2 Å². The number of likely N-dealkylation sites (N-methyl/N-ethyl adjacent to an activating group) is 1. The number of halogens is 1. The topological polar surface area (TPSA) is 62.8 Å². The first-order valence-corrected chi connectivity index (χ1v) is 11.2. The van der Waals surface area contributed by atoms with Crippen LogP contribution in [0.1, 0.15) is 31.9 Å². The molecule has 6 nitrogen and oxygen atoms in total. The quantitative estimate of drug-likeness (QED) is 0.443. The van der Waals surface area contributed by atoms with Gasteiger partial charge in [-0.2, -0.15) is 0 Å². The van der Waals surface area contributed by atoms with Gasteiger partial charge >= 0.3 is 0 Å². The van der Waals surface area contributed by atoms with Gasteiger partial charge in [-0.25, -0.2) is 0 Å². The number of anilines is 1. The summed E-state index contributed by atoms with van der Waals surface area (Å²) in [5, 5.41) is 6.82. The lowest BCUT2D eigenvalue weighted by Gasteiger charge is -2.18. The normalized spacial score (nSPS) is 10.9. The highest BCUT2D eigenvalue weighted by molar-refractivity contribution is 6.31. The zero-order chi connectivity index (χ0) is 22.6. The predicted octanol–water partition coefficient (Wildman–Crippen LogP) is 4.50. The van der Waals surface area contributed by atoms with Crippen LogP contribution in [0, 0.1) is 6.92 Å². The minimum atomic E-state index is -0.246. The van der Waals surface area contributed by atoms with Gasteiger partial charge in [0.05, 0.1) is 6.61 Å². The molecule has 0 aliphatic rings. The van der Waals surface area contributed by atoms with E-state index in [9.17, 15) is 4.79 Å². The van der Waals surface area contributed by atoms with Crippen LogP contribution < -0.4 is 20.1 Å². The van der Waals surface area contributed by atoms with Crippen molar-refractivity contribution in [1.29, 1.82) is 0 Å². The summed E-state index contributed by atoms with van der Waals surface area (Å²) in [7, 11) is 0. The Hall–Kier alpha value is -2.28. The molecule has 0 saturated heterocycles. The van der Waals surface area contributed by atoms with E-state index in [0.717, 1.165) is 43.0 Å². The summed E-state index contributed by atoms with van der Waals surface area (Å²) < 4.78 is 11.4. The van der Waals surface area contributed by atoms with Gasteiger partial charge in [0.25, 0.3) is 5.91 Å². The molecule has 0 radical (unpaired) electrons. The van der Waals surface area contributed by atoms with Crippen LogP contribution in [0.4, 0.5) is 5.69 Å². The summed E-state index contributed by atoms with van der Waals surface area (Å²) in [6.07, 6.45) is 0. The number of rotatable bonds is 13. The Morgan fingerprint density at radius 1 is 1.03 bits per heavy atom. The molecule has 0 saturated carbocycles. The zero-order valence-corrected chi connectivity index (χ0v) is 19.7. The number of benzene rings is 2. The Morgan fingerprint density at radius 3 is 2.35 bits per heavy atom. The van der Waals surface area contributed by atoms with Crippen molar-refractivity contribution in [2.45, 2.75) is 34.2 Å². The van der Waals surface area contributed by atoms with Gasteiger partial charge in [-0.3, -0.25) is 4.79 Å². The maximum atomic E-state index is 12.2. The van der Waals surface area contributed by atoms with E-state index in [0.29, 0.717) is 29.7 Å². The van der Waals surface area contributed by atoms with E-state index in [4.69, 9.17) is 21.1 Å². The molecule has 0 unspecified atom stereocenters. The van der Waals surface area contributed by atoms with Crippen LogP contribution >= 0.6 is 11.6 Å². The molecule has 0 aliphatic heterocycles. The minimum absolute atomic E-state index is 0.133. The number of nitrogens with zero attached hydrogens (tertiary/aromatic N) is 1. The van der Waals surface area contributed by atoms with Gasteiger partial charge in [-0.05, 0) is 50.7 Å². The highest BCUT2D eigenvalue weighted by Gasteiger charge is 2.13. The molecule has 1 amide bonds. The van der Waals surface area contributed by atoms with Gasteiger partial charge in [-0.1, -0.05) is 43.1 Å². The SMILES string of the molecule is CCOc1cc(CNCCN(CC)CC)c(Cl)cc1OCC(=O)Nc1ccc(C)cc1. The molecule has 0 bridgehead atoms. The summed E-state index contributed by atoms with van der Waals surface area (Å²) in [5.74, 6) is 0.790. The Labute approximate surface area is 190 Å². The first kappa shape index (κ1) is 25.0. The number of ether oxygens (including phenoxy) is 2. The number of hydrogen-bond acceptors (Lipinski definition) is 5. The van der Waals surface area contributed by atoms with Crippen molar-refractivity contribution in [2.75, 3.05) is 44.7 Å². The summed E-state index contributed by atoms with van der Waals surface area (Å²) in [5.41, 5.74) is 2.79.